The Morgan fingerprint density at radius 3 is 2.65 bits per heavy atom. The van der Waals surface area contributed by atoms with Gasteiger partial charge in [0.2, 0.25) is 5.95 Å². The Bertz CT molecular complexity index is 1080. The number of nitrogens with one attached hydrogen (secondary N) is 1. The fraction of sp³-hybridized carbons (Fsp3) is 0.217. The molecular weight excluding hydrogens is 390 g/mol. The molecule has 1 aromatic carbocycles. The van der Waals surface area contributed by atoms with Gasteiger partial charge in [-0.15, -0.1) is 0 Å². The Kier molecular flexibility index (Phi) is 6.49. The number of hydrogen-bond donors (Lipinski definition) is 2. The van der Waals surface area contributed by atoms with Gasteiger partial charge >= 0.3 is 0 Å². The second-order valence-electron chi connectivity index (χ2n) is 7.17. The number of ether oxygens (including phenoxy) is 1. The number of hydrazone groups is 1. The highest BCUT2D eigenvalue weighted by atomic mass is 16.5. The molecular formula is C23H25N7O. The van der Waals surface area contributed by atoms with Crippen LogP contribution in [-0.4, -0.2) is 47.5 Å². The third-order valence-electron chi connectivity index (χ3n) is 4.83. The standard InChI is InChI=1S/C23H25N7O/c1-17-3-2-4-19(15-17)16-26-29-23-27-20(6-5-18-7-9-25-10-8-18)21(24)22(28-23)30-11-13-31-14-12-30/h2-10,15-16H,11-14,24H2,1H3,(H,27,28,29)/b6-5+,26-16+. The van der Waals surface area contributed by atoms with Gasteiger partial charge in [-0.25, -0.2) is 10.4 Å². The normalized spacial score (nSPS) is 14.4. The minimum absolute atomic E-state index is 0.383. The van der Waals surface area contributed by atoms with E-state index in [-0.39, 0.29) is 0 Å². The fourth-order valence-electron chi connectivity index (χ4n) is 3.23. The minimum atomic E-state index is 0.383. The Labute approximate surface area is 181 Å². The largest absolute Gasteiger partial charge is 0.394 e. The average molecular weight is 416 g/mol. The van der Waals surface area contributed by atoms with Crippen molar-refractivity contribution in [3.05, 3.63) is 71.2 Å². The third kappa shape index (κ3) is 5.43. The van der Waals surface area contributed by atoms with Crippen LogP contribution in [0.4, 0.5) is 17.5 Å². The van der Waals surface area contributed by atoms with E-state index >= 15 is 0 Å². The van der Waals surface area contributed by atoms with Crippen molar-refractivity contribution < 1.29 is 4.74 Å². The summed E-state index contributed by atoms with van der Waals surface area (Å²) in [4.78, 5) is 15.3. The highest BCUT2D eigenvalue weighted by molar-refractivity contribution is 5.81. The molecule has 3 aromatic rings. The number of nitrogens with zero attached hydrogens (tertiary/aromatic N) is 5. The molecule has 0 unspecified atom stereocenters. The number of aromatic nitrogens is 3. The number of benzene rings is 1. The van der Waals surface area contributed by atoms with Crippen LogP contribution in [0.25, 0.3) is 12.2 Å². The van der Waals surface area contributed by atoms with E-state index in [0.717, 1.165) is 24.2 Å². The molecule has 0 bridgehead atoms. The van der Waals surface area contributed by atoms with Crippen LogP contribution in [0.3, 0.4) is 0 Å². The summed E-state index contributed by atoms with van der Waals surface area (Å²) in [6.07, 6.45) is 9.06. The molecule has 1 fully saturated rings. The minimum Gasteiger partial charge on any atom is -0.394 e. The number of aryl methyl sites for hydroxylation is 1. The van der Waals surface area contributed by atoms with E-state index in [0.29, 0.717) is 36.4 Å². The van der Waals surface area contributed by atoms with Gasteiger partial charge in [-0.1, -0.05) is 35.9 Å². The van der Waals surface area contributed by atoms with Gasteiger partial charge in [-0.05, 0) is 36.3 Å². The van der Waals surface area contributed by atoms with Gasteiger partial charge in [-0.3, -0.25) is 4.98 Å². The quantitative estimate of drug-likeness (QED) is 0.471. The van der Waals surface area contributed by atoms with Crippen molar-refractivity contribution >= 4 is 35.8 Å². The van der Waals surface area contributed by atoms with Crippen molar-refractivity contribution in [2.75, 3.05) is 42.4 Å². The maximum atomic E-state index is 6.45. The number of nitrogen functional groups attached to an aromatic ring is 1. The summed E-state index contributed by atoms with van der Waals surface area (Å²) < 4.78 is 5.47. The van der Waals surface area contributed by atoms with Crippen molar-refractivity contribution in [1.29, 1.82) is 0 Å². The van der Waals surface area contributed by atoms with Gasteiger partial charge in [0.05, 0.1) is 25.1 Å². The van der Waals surface area contributed by atoms with Crippen LogP contribution in [0.5, 0.6) is 0 Å². The van der Waals surface area contributed by atoms with Gasteiger partial charge in [0.25, 0.3) is 0 Å². The molecule has 31 heavy (non-hydrogen) atoms. The number of nitrogens with two attached hydrogens (primary N) is 1. The average Bonchev–Trinajstić information content (AvgIpc) is 2.80. The Morgan fingerprint density at radius 2 is 1.87 bits per heavy atom. The lowest BCUT2D eigenvalue weighted by Crippen LogP contribution is -2.37. The van der Waals surface area contributed by atoms with Gasteiger partial charge in [0.1, 0.15) is 5.69 Å². The van der Waals surface area contributed by atoms with Gasteiger partial charge in [-0.2, -0.15) is 10.1 Å². The molecule has 158 valence electrons. The first kappa shape index (κ1) is 20.5. The highest BCUT2D eigenvalue weighted by Crippen LogP contribution is 2.27. The van der Waals surface area contributed by atoms with E-state index in [1.807, 2.05) is 49.4 Å². The number of morpholine rings is 1. The summed E-state index contributed by atoms with van der Waals surface area (Å²) >= 11 is 0. The van der Waals surface area contributed by atoms with Gasteiger partial charge in [0.15, 0.2) is 5.82 Å². The van der Waals surface area contributed by atoms with E-state index in [4.69, 9.17) is 10.5 Å². The van der Waals surface area contributed by atoms with Crippen molar-refractivity contribution in [1.82, 2.24) is 15.0 Å². The Morgan fingerprint density at radius 1 is 1.06 bits per heavy atom. The van der Waals surface area contributed by atoms with E-state index in [2.05, 4.69) is 36.4 Å². The first-order valence-corrected chi connectivity index (χ1v) is 10.1. The van der Waals surface area contributed by atoms with Crippen LogP contribution in [0.2, 0.25) is 0 Å². The number of rotatable bonds is 6. The van der Waals surface area contributed by atoms with Crippen LogP contribution < -0.4 is 16.1 Å². The Hall–Kier alpha value is -3.78. The molecule has 0 saturated carbocycles. The van der Waals surface area contributed by atoms with Crippen molar-refractivity contribution in [2.45, 2.75) is 6.92 Å². The first-order chi connectivity index (χ1) is 15.2. The van der Waals surface area contributed by atoms with Crippen LogP contribution in [0, 0.1) is 6.92 Å². The van der Waals surface area contributed by atoms with Crippen LogP contribution in [-0.2, 0) is 4.74 Å². The number of hydrogen-bond acceptors (Lipinski definition) is 8. The second-order valence-corrected chi connectivity index (χ2v) is 7.17. The summed E-state index contributed by atoms with van der Waals surface area (Å²) in [6, 6.07) is 11.9. The van der Waals surface area contributed by atoms with E-state index < -0.39 is 0 Å². The summed E-state index contributed by atoms with van der Waals surface area (Å²) in [5.41, 5.74) is 13.7. The van der Waals surface area contributed by atoms with Crippen LogP contribution in [0.1, 0.15) is 22.4 Å². The maximum absolute atomic E-state index is 6.45. The highest BCUT2D eigenvalue weighted by Gasteiger charge is 2.19. The molecule has 0 spiro atoms. The molecule has 8 nitrogen and oxygen atoms in total. The fourth-order valence-corrected chi connectivity index (χ4v) is 3.23. The topological polar surface area (TPSA) is 102 Å². The molecule has 1 aliphatic heterocycles. The zero-order valence-electron chi connectivity index (χ0n) is 17.4. The second kappa shape index (κ2) is 9.82. The lowest BCUT2D eigenvalue weighted by molar-refractivity contribution is 0.122. The van der Waals surface area contributed by atoms with Gasteiger partial charge in [0, 0.05) is 25.5 Å². The summed E-state index contributed by atoms with van der Waals surface area (Å²) in [6.45, 7) is 4.77. The summed E-state index contributed by atoms with van der Waals surface area (Å²) in [5.74, 6) is 1.06. The summed E-state index contributed by atoms with van der Waals surface area (Å²) in [7, 11) is 0. The lowest BCUT2D eigenvalue weighted by Gasteiger charge is -2.29. The molecule has 2 aromatic heterocycles. The lowest BCUT2D eigenvalue weighted by atomic mass is 10.2. The molecule has 8 heteroatoms. The third-order valence-corrected chi connectivity index (χ3v) is 4.83. The van der Waals surface area contributed by atoms with Crippen molar-refractivity contribution in [2.24, 2.45) is 5.10 Å². The zero-order chi connectivity index (χ0) is 21.5. The van der Waals surface area contributed by atoms with Crippen LogP contribution >= 0.6 is 0 Å². The molecule has 0 amide bonds. The van der Waals surface area contributed by atoms with E-state index in [1.165, 1.54) is 5.56 Å². The van der Waals surface area contributed by atoms with Crippen molar-refractivity contribution in [3.8, 4) is 0 Å². The number of pyridine rings is 1. The molecule has 0 atom stereocenters. The molecule has 1 aliphatic rings. The molecule has 3 N–H and O–H groups in total. The maximum Gasteiger partial charge on any atom is 0.246 e. The molecule has 3 heterocycles. The monoisotopic (exact) mass is 415 g/mol. The predicted octanol–water partition coefficient (Wildman–Crippen LogP) is 3.22. The zero-order valence-corrected chi connectivity index (χ0v) is 17.4. The molecule has 0 aliphatic carbocycles. The summed E-state index contributed by atoms with van der Waals surface area (Å²) in [5, 5.41) is 4.31. The molecule has 4 rings (SSSR count). The Balaban J connectivity index is 1.62. The van der Waals surface area contributed by atoms with Gasteiger partial charge < -0.3 is 15.4 Å². The van der Waals surface area contributed by atoms with E-state index in [9.17, 15) is 0 Å². The SMILES string of the molecule is Cc1cccc(/C=N/Nc2nc(/C=C/c3ccncc3)c(N)c(N3CCOCC3)n2)c1. The van der Waals surface area contributed by atoms with Crippen molar-refractivity contribution in [3.63, 3.8) is 0 Å². The molecule has 0 radical (unpaired) electrons. The smallest absolute Gasteiger partial charge is 0.246 e. The van der Waals surface area contributed by atoms with Crippen LogP contribution in [0.15, 0.2) is 53.9 Å². The predicted molar refractivity (Wildman–Crippen MR) is 125 cm³/mol. The number of anilines is 3. The molecule has 1 saturated heterocycles. The first-order valence-electron chi connectivity index (χ1n) is 10.1. The van der Waals surface area contributed by atoms with E-state index in [1.54, 1.807) is 18.6 Å².